The summed E-state index contributed by atoms with van der Waals surface area (Å²) in [7, 11) is 0. The fourth-order valence-electron chi connectivity index (χ4n) is 1.33. The molecular weight excluding hydrogens is 180 g/mol. The fraction of sp³-hybridized carbons (Fsp3) is 0.100. The predicted octanol–water partition coefficient (Wildman–Crippen LogP) is 2.54. The number of fused-ring (bicyclic) bond motifs is 1. The first-order chi connectivity index (χ1) is 6.33. The summed E-state index contributed by atoms with van der Waals surface area (Å²) in [6.45, 7) is 0. The number of pyridine rings is 1. The topological polar surface area (TPSA) is 38.9 Å². The van der Waals surface area contributed by atoms with Crippen molar-refractivity contribution in [3.63, 3.8) is 0 Å². The van der Waals surface area contributed by atoms with Gasteiger partial charge in [0.05, 0.1) is 11.2 Å². The highest BCUT2D eigenvalue weighted by Crippen LogP contribution is 2.29. The molecule has 2 N–H and O–H groups in total. The highest BCUT2D eigenvalue weighted by Gasteiger charge is 2.02. The number of rotatable bonds is 1. The normalized spacial score (nSPS) is 10.5. The number of benzene rings is 1. The van der Waals surface area contributed by atoms with Crippen molar-refractivity contribution in [3.8, 4) is 0 Å². The van der Waals surface area contributed by atoms with Crippen LogP contribution < -0.4 is 5.73 Å². The lowest BCUT2D eigenvalue weighted by Gasteiger charge is -2.05. The molecule has 0 aliphatic carbocycles. The van der Waals surface area contributed by atoms with Crippen LogP contribution in [0.3, 0.4) is 0 Å². The van der Waals surface area contributed by atoms with E-state index in [1.807, 2.05) is 30.5 Å². The summed E-state index contributed by atoms with van der Waals surface area (Å²) in [5.41, 5.74) is 7.76. The molecular formula is C10H10N2S. The molecule has 3 heteroatoms. The number of nitrogen functional groups attached to an aromatic ring is 1. The summed E-state index contributed by atoms with van der Waals surface area (Å²) in [6, 6.07) is 7.91. The van der Waals surface area contributed by atoms with Gasteiger partial charge < -0.3 is 5.73 Å². The van der Waals surface area contributed by atoms with Crippen molar-refractivity contribution >= 4 is 28.4 Å². The van der Waals surface area contributed by atoms with Crippen LogP contribution in [0.15, 0.2) is 35.4 Å². The quantitative estimate of drug-likeness (QED) is 0.554. The molecule has 0 radical (unpaired) electrons. The van der Waals surface area contributed by atoms with Gasteiger partial charge in [0.1, 0.15) is 0 Å². The third-order valence-corrected chi connectivity index (χ3v) is 2.80. The molecule has 0 spiro atoms. The summed E-state index contributed by atoms with van der Waals surface area (Å²) in [5.74, 6) is 0. The maximum absolute atomic E-state index is 5.97. The van der Waals surface area contributed by atoms with E-state index < -0.39 is 0 Å². The van der Waals surface area contributed by atoms with E-state index in [1.54, 1.807) is 18.0 Å². The molecule has 0 unspecified atom stereocenters. The van der Waals surface area contributed by atoms with Crippen LogP contribution in [0.5, 0.6) is 0 Å². The highest BCUT2D eigenvalue weighted by molar-refractivity contribution is 7.98. The number of hydrogen-bond donors (Lipinski definition) is 1. The van der Waals surface area contributed by atoms with Crippen molar-refractivity contribution in [3.05, 3.63) is 30.5 Å². The van der Waals surface area contributed by atoms with E-state index in [0.717, 1.165) is 21.5 Å². The molecule has 0 saturated carbocycles. The van der Waals surface area contributed by atoms with Crippen LogP contribution in [-0.4, -0.2) is 11.2 Å². The summed E-state index contributed by atoms with van der Waals surface area (Å²) in [5, 5.41) is 1.04. The molecule has 1 aromatic carbocycles. The molecule has 0 aliphatic heterocycles. The summed E-state index contributed by atoms with van der Waals surface area (Å²) < 4.78 is 0. The van der Waals surface area contributed by atoms with Gasteiger partial charge in [0.15, 0.2) is 0 Å². The average molecular weight is 190 g/mol. The highest BCUT2D eigenvalue weighted by atomic mass is 32.2. The maximum Gasteiger partial charge on any atom is 0.0723 e. The Morgan fingerprint density at radius 2 is 2.15 bits per heavy atom. The molecule has 0 saturated heterocycles. The zero-order valence-electron chi connectivity index (χ0n) is 7.32. The number of nitrogens with zero attached hydrogens (tertiary/aromatic N) is 1. The van der Waals surface area contributed by atoms with Crippen LogP contribution in [0, 0.1) is 0 Å². The Balaban J connectivity index is 2.79. The van der Waals surface area contributed by atoms with Gasteiger partial charge in [0.25, 0.3) is 0 Å². The van der Waals surface area contributed by atoms with Gasteiger partial charge in [-0.2, -0.15) is 0 Å². The molecule has 2 aromatic rings. The molecule has 0 bridgehead atoms. The van der Waals surface area contributed by atoms with Crippen molar-refractivity contribution in [2.45, 2.75) is 4.90 Å². The summed E-state index contributed by atoms with van der Waals surface area (Å²) in [4.78, 5) is 5.34. The Morgan fingerprint density at radius 3 is 2.92 bits per heavy atom. The molecule has 2 rings (SSSR count). The lowest BCUT2D eigenvalue weighted by molar-refractivity contribution is 1.39. The molecule has 1 aromatic heterocycles. The Morgan fingerprint density at radius 1 is 1.31 bits per heavy atom. The van der Waals surface area contributed by atoms with Gasteiger partial charge in [0.2, 0.25) is 0 Å². The first kappa shape index (κ1) is 8.38. The van der Waals surface area contributed by atoms with Crippen molar-refractivity contribution in [2.75, 3.05) is 12.0 Å². The van der Waals surface area contributed by atoms with E-state index in [2.05, 4.69) is 4.98 Å². The minimum absolute atomic E-state index is 0.832. The molecule has 66 valence electrons. The lowest BCUT2D eigenvalue weighted by Crippen LogP contribution is -1.90. The molecule has 0 atom stereocenters. The lowest BCUT2D eigenvalue weighted by atomic mass is 10.2. The molecule has 0 aliphatic rings. The smallest absolute Gasteiger partial charge is 0.0723 e. The van der Waals surface area contributed by atoms with Crippen LogP contribution in [0.1, 0.15) is 0 Å². The maximum atomic E-state index is 5.97. The van der Waals surface area contributed by atoms with Gasteiger partial charge in [-0.15, -0.1) is 11.8 Å². The van der Waals surface area contributed by atoms with Crippen LogP contribution in [0.4, 0.5) is 5.69 Å². The van der Waals surface area contributed by atoms with Gasteiger partial charge in [-0.3, -0.25) is 4.98 Å². The molecule has 2 nitrogen and oxygen atoms in total. The Kier molecular flexibility index (Phi) is 2.10. The van der Waals surface area contributed by atoms with Gasteiger partial charge >= 0.3 is 0 Å². The first-order valence-electron chi connectivity index (χ1n) is 4.00. The molecule has 0 fully saturated rings. The van der Waals surface area contributed by atoms with Gasteiger partial charge in [0, 0.05) is 16.5 Å². The monoisotopic (exact) mass is 190 g/mol. The number of thioether (sulfide) groups is 1. The summed E-state index contributed by atoms with van der Waals surface area (Å²) >= 11 is 1.66. The summed E-state index contributed by atoms with van der Waals surface area (Å²) in [6.07, 6.45) is 3.80. The van der Waals surface area contributed by atoms with Gasteiger partial charge in [-0.25, -0.2) is 0 Å². The van der Waals surface area contributed by atoms with Crippen LogP contribution in [-0.2, 0) is 0 Å². The van der Waals surface area contributed by atoms with Crippen molar-refractivity contribution in [1.82, 2.24) is 4.98 Å². The second-order valence-electron chi connectivity index (χ2n) is 2.75. The average Bonchev–Trinajstić information content (AvgIpc) is 2.19. The fourth-order valence-corrected chi connectivity index (χ4v) is 1.87. The SMILES string of the molecule is CSc1ccc2ncccc2c1N. The van der Waals surface area contributed by atoms with Crippen molar-refractivity contribution in [1.29, 1.82) is 0 Å². The Hall–Kier alpha value is -1.22. The number of anilines is 1. The minimum Gasteiger partial charge on any atom is -0.397 e. The zero-order valence-corrected chi connectivity index (χ0v) is 8.14. The third-order valence-electron chi connectivity index (χ3n) is 2.01. The van der Waals surface area contributed by atoms with E-state index in [1.165, 1.54) is 0 Å². The number of hydrogen-bond acceptors (Lipinski definition) is 3. The van der Waals surface area contributed by atoms with E-state index in [0.29, 0.717) is 0 Å². The van der Waals surface area contributed by atoms with Gasteiger partial charge in [-0.1, -0.05) is 0 Å². The number of aromatic nitrogens is 1. The second-order valence-corrected chi connectivity index (χ2v) is 3.60. The van der Waals surface area contributed by atoms with Crippen LogP contribution >= 0.6 is 11.8 Å². The van der Waals surface area contributed by atoms with Crippen LogP contribution in [0.25, 0.3) is 10.9 Å². The van der Waals surface area contributed by atoms with E-state index in [-0.39, 0.29) is 0 Å². The number of nitrogens with two attached hydrogens (primary N) is 1. The van der Waals surface area contributed by atoms with Crippen LogP contribution in [0.2, 0.25) is 0 Å². The Labute approximate surface area is 81.2 Å². The van der Waals surface area contributed by atoms with E-state index >= 15 is 0 Å². The second kappa shape index (κ2) is 3.26. The van der Waals surface area contributed by atoms with Gasteiger partial charge in [-0.05, 0) is 30.5 Å². The van der Waals surface area contributed by atoms with Crippen molar-refractivity contribution < 1.29 is 0 Å². The Bertz CT molecular complexity index is 440. The first-order valence-corrected chi connectivity index (χ1v) is 5.22. The molecule has 13 heavy (non-hydrogen) atoms. The third kappa shape index (κ3) is 1.35. The molecule has 1 heterocycles. The standard InChI is InChI=1S/C10H10N2S/c1-13-9-5-4-8-7(10(9)11)3-2-6-12-8/h2-6H,11H2,1H3. The largest absolute Gasteiger partial charge is 0.397 e. The zero-order chi connectivity index (χ0) is 9.26. The van der Waals surface area contributed by atoms with E-state index in [4.69, 9.17) is 5.73 Å². The predicted molar refractivity (Wildman–Crippen MR) is 57.9 cm³/mol. The van der Waals surface area contributed by atoms with E-state index in [9.17, 15) is 0 Å². The van der Waals surface area contributed by atoms with Crippen molar-refractivity contribution in [2.24, 2.45) is 0 Å². The molecule has 0 amide bonds. The minimum atomic E-state index is 0.832.